The smallest absolute Gasteiger partial charge is 0.242 e. The van der Waals surface area contributed by atoms with Crippen LogP contribution in [-0.4, -0.2) is 78.8 Å². The summed E-state index contributed by atoms with van der Waals surface area (Å²) >= 11 is 0. The van der Waals surface area contributed by atoms with E-state index in [0.29, 0.717) is 25.6 Å². The van der Waals surface area contributed by atoms with Crippen molar-refractivity contribution in [2.24, 2.45) is 10.9 Å². The second kappa shape index (κ2) is 7.02. The van der Waals surface area contributed by atoms with E-state index in [4.69, 9.17) is 4.99 Å². The lowest BCUT2D eigenvalue weighted by Gasteiger charge is -2.49. The Kier molecular flexibility index (Phi) is 5.25. The summed E-state index contributed by atoms with van der Waals surface area (Å²) in [6.45, 7) is 9.83. The molecule has 2 aliphatic heterocycles. The van der Waals surface area contributed by atoms with Crippen molar-refractivity contribution >= 4 is 21.7 Å². The zero-order chi connectivity index (χ0) is 19.1. The minimum atomic E-state index is -2.89. The Morgan fingerprint density at radius 1 is 1.31 bits per heavy atom. The van der Waals surface area contributed by atoms with E-state index >= 15 is 0 Å². The third-order valence-electron chi connectivity index (χ3n) is 5.38. The molecule has 26 heavy (non-hydrogen) atoms. The number of carbonyl (C=O) groups is 1. The van der Waals surface area contributed by atoms with Gasteiger partial charge >= 0.3 is 0 Å². The monoisotopic (exact) mass is 384 g/mol. The molecule has 3 aliphatic rings. The molecule has 1 atom stereocenters. The van der Waals surface area contributed by atoms with Crippen LogP contribution in [0.15, 0.2) is 4.99 Å². The van der Waals surface area contributed by atoms with Crippen LogP contribution in [0.4, 0.5) is 0 Å². The van der Waals surface area contributed by atoms with E-state index in [9.17, 15) is 13.2 Å². The number of nitrogens with zero attached hydrogens (tertiary/aromatic N) is 3. The molecule has 0 spiro atoms. The number of nitrogens with one attached hydrogen (secondary N) is 1. The highest BCUT2D eigenvalue weighted by Gasteiger charge is 2.41. The average Bonchev–Trinajstić information content (AvgIpc) is 3.24. The first kappa shape index (κ1) is 19.5. The van der Waals surface area contributed by atoms with Crippen molar-refractivity contribution in [3.8, 4) is 0 Å². The van der Waals surface area contributed by atoms with Gasteiger partial charge in [0.25, 0.3) is 0 Å². The number of carbonyl (C=O) groups excluding carboxylic acids is 1. The Hall–Kier alpha value is -1.31. The highest BCUT2D eigenvalue weighted by molar-refractivity contribution is 7.91. The molecule has 1 amide bonds. The number of hydrogen-bond acceptors (Lipinski definition) is 4. The third-order valence-corrected chi connectivity index (χ3v) is 7.21. The van der Waals surface area contributed by atoms with Gasteiger partial charge in [-0.25, -0.2) is 8.42 Å². The predicted octanol–water partition coefficient (Wildman–Crippen LogP) is 0.860. The fourth-order valence-corrected chi connectivity index (χ4v) is 6.04. The van der Waals surface area contributed by atoms with Crippen molar-refractivity contribution in [3.63, 3.8) is 0 Å². The topological polar surface area (TPSA) is 82.1 Å². The second-order valence-corrected chi connectivity index (χ2v) is 11.1. The van der Waals surface area contributed by atoms with Gasteiger partial charge in [0, 0.05) is 25.2 Å². The molecule has 0 aromatic heterocycles. The van der Waals surface area contributed by atoms with Crippen molar-refractivity contribution in [2.75, 3.05) is 31.1 Å². The van der Waals surface area contributed by atoms with Gasteiger partial charge in [-0.1, -0.05) is 0 Å². The number of sulfone groups is 1. The maximum Gasteiger partial charge on any atom is 0.242 e. The molecule has 148 valence electrons. The minimum Gasteiger partial charge on any atom is -0.353 e. The first-order chi connectivity index (χ1) is 12.1. The lowest BCUT2D eigenvalue weighted by atomic mass is 9.96. The normalized spacial score (nSPS) is 28.7. The number of amides is 1. The van der Waals surface area contributed by atoms with E-state index in [1.165, 1.54) is 0 Å². The fourth-order valence-electron chi connectivity index (χ4n) is 4.19. The van der Waals surface area contributed by atoms with Crippen molar-refractivity contribution in [3.05, 3.63) is 0 Å². The number of piperazine rings is 1. The Morgan fingerprint density at radius 3 is 2.50 bits per heavy atom. The van der Waals surface area contributed by atoms with Crippen molar-refractivity contribution in [2.45, 2.75) is 64.6 Å². The number of guanidine groups is 1. The first-order valence-electron chi connectivity index (χ1n) is 9.66. The molecule has 0 aromatic rings. The summed E-state index contributed by atoms with van der Waals surface area (Å²) in [6, 6.07) is 0.600. The van der Waals surface area contributed by atoms with Gasteiger partial charge in [0.15, 0.2) is 15.8 Å². The van der Waals surface area contributed by atoms with Crippen LogP contribution in [0.1, 0.15) is 47.0 Å². The van der Waals surface area contributed by atoms with Crippen LogP contribution in [0, 0.1) is 5.92 Å². The van der Waals surface area contributed by atoms with Crippen molar-refractivity contribution in [1.82, 2.24) is 15.1 Å². The summed E-state index contributed by atoms with van der Waals surface area (Å²) in [6.07, 6.45) is 2.94. The second-order valence-electron chi connectivity index (χ2n) is 8.88. The van der Waals surface area contributed by atoms with Gasteiger partial charge in [-0.3, -0.25) is 9.79 Å². The summed E-state index contributed by atoms with van der Waals surface area (Å²) < 4.78 is 23.4. The van der Waals surface area contributed by atoms with Gasteiger partial charge in [0.2, 0.25) is 5.91 Å². The molecule has 8 heteroatoms. The molecular weight excluding hydrogens is 352 g/mol. The van der Waals surface area contributed by atoms with E-state index in [0.717, 1.165) is 25.3 Å². The van der Waals surface area contributed by atoms with Crippen LogP contribution in [0.2, 0.25) is 0 Å². The first-order valence-corrected chi connectivity index (χ1v) is 11.5. The van der Waals surface area contributed by atoms with E-state index < -0.39 is 9.84 Å². The standard InChI is InChI=1S/C18H32N4O3S/c1-13(2)22-16(23)10-21(12-18(22,3)4)17(20-15-5-6-15)19-9-14-7-8-26(24,25)11-14/h13-15H,5-12H2,1-4H3,(H,19,20). The molecule has 0 radical (unpaired) electrons. The highest BCUT2D eigenvalue weighted by Crippen LogP contribution is 2.26. The van der Waals surface area contributed by atoms with E-state index in [-0.39, 0.29) is 34.9 Å². The largest absolute Gasteiger partial charge is 0.353 e. The van der Waals surface area contributed by atoms with Crippen LogP contribution in [0.3, 0.4) is 0 Å². The molecule has 7 nitrogen and oxygen atoms in total. The Bertz CT molecular complexity index is 683. The minimum absolute atomic E-state index is 0.0941. The summed E-state index contributed by atoms with van der Waals surface area (Å²) in [5.41, 5.74) is -0.272. The molecule has 1 N–H and O–H groups in total. The molecule has 0 bridgehead atoms. The van der Waals surface area contributed by atoms with Crippen LogP contribution >= 0.6 is 0 Å². The summed E-state index contributed by atoms with van der Waals surface area (Å²) in [4.78, 5) is 21.5. The molecule has 2 saturated heterocycles. The van der Waals surface area contributed by atoms with Gasteiger partial charge in [-0.05, 0) is 52.9 Å². The quantitative estimate of drug-likeness (QED) is 0.574. The SMILES string of the molecule is CC(C)N1C(=O)CN(C(=NCC2CCS(=O)(=O)C2)NC2CC2)CC1(C)C. The van der Waals surface area contributed by atoms with Gasteiger partial charge in [-0.15, -0.1) is 0 Å². The maximum atomic E-state index is 12.7. The average molecular weight is 385 g/mol. The molecule has 3 rings (SSSR count). The summed E-state index contributed by atoms with van der Waals surface area (Å²) in [5, 5.41) is 3.46. The molecule has 1 saturated carbocycles. The zero-order valence-electron chi connectivity index (χ0n) is 16.4. The molecule has 3 fully saturated rings. The van der Waals surface area contributed by atoms with Crippen LogP contribution < -0.4 is 5.32 Å². The van der Waals surface area contributed by atoms with E-state index in [1.54, 1.807) is 0 Å². The van der Waals surface area contributed by atoms with Crippen molar-refractivity contribution in [1.29, 1.82) is 0 Å². The van der Waals surface area contributed by atoms with Gasteiger partial charge in [0.1, 0.15) is 0 Å². The van der Waals surface area contributed by atoms with Gasteiger partial charge in [-0.2, -0.15) is 0 Å². The maximum absolute atomic E-state index is 12.7. The summed E-state index contributed by atoms with van der Waals surface area (Å²) in [5.74, 6) is 1.49. The molecule has 1 aliphatic carbocycles. The molecule has 1 unspecified atom stereocenters. The number of aliphatic imine (C=N–C) groups is 1. The van der Waals surface area contributed by atoms with Gasteiger partial charge in [0.05, 0.1) is 23.6 Å². The Balaban J connectivity index is 1.73. The van der Waals surface area contributed by atoms with E-state index in [1.807, 2.05) is 23.6 Å². The number of rotatable bonds is 4. The summed E-state index contributed by atoms with van der Waals surface area (Å²) in [7, 11) is -2.89. The predicted molar refractivity (Wildman–Crippen MR) is 103 cm³/mol. The molecule has 2 heterocycles. The van der Waals surface area contributed by atoms with Crippen LogP contribution in [0.25, 0.3) is 0 Å². The zero-order valence-corrected chi connectivity index (χ0v) is 17.2. The fraction of sp³-hybridized carbons (Fsp3) is 0.889. The van der Waals surface area contributed by atoms with Crippen LogP contribution in [0.5, 0.6) is 0 Å². The van der Waals surface area contributed by atoms with Crippen molar-refractivity contribution < 1.29 is 13.2 Å². The number of hydrogen-bond donors (Lipinski definition) is 1. The van der Waals surface area contributed by atoms with Crippen LogP contribution in [-0.2, 0) is 14.6 Å². The molecule has 0 aromatic carbocycles. The third kappa shape index (κ3) is 4.50. The van der Waals surface area contributed by atoms with Gasteiger partial charge < -0.3 is 15.1 Å². The Labute approximate surface area is 157 Å². The molecular formula is C18H32N4O3S. The highest BCUT2D eigenvalue weighted by atomic mass is 32.2. The van der Waals surface area contributed by atoms with E-state index in [2.05, 4.69) is 19.2 Å². The lowest BCUT2D eigenvalue weighted by molar-refractivity contribution is -0.145. The lowest BCUT2D eigenvalue weighted by Crippen LogP contribution is -2.66. The Morgan fingerprint density at radius 2 is 2.00 bits per heavy atom.